The lowest BCUT2D eigenvalue weighted by Gasteiger charge is -2.23. The van der Waals surface area contributed by atoms with Crippen LogP contribution in [0.1, 0.15) is 40.5 Å². The Bertz CT molecular complexity index is 283. The van der Waals surface area contributed by atoms with Gasteiger partial charge in [0.2, 0.25) is 5.91 Å². The summed E-state index contributed by atoms with van der Waals surface area (Å²) in [6, 6.07) is -0.968. The van der Waals surface area contributed by atoms with Gasteiger partial charge in [0.25, 0.3) is 0 Å². The van der Waals surface area contributed by atoms with E-state index in [0.29, 0.717) is 6.42 Å². The van der Waals surface area contributed by atoms with Crippen molar-refractivity contribution in [2.75, 3.05) is 13.7 Å². The maximum absolute atomic E-state index is 11.7. The first-order valence-electron chi connectivity index (χ1n) is 6.17. The lowest BCUT2D eigenvalue weighted by atomic mass is 9.84. The first-order valence-corrected chi connectivity index (χ1v) is 6.17. The van der Waals surface area contributed by atoms with Gasteiger partial charge in [0, 0.05) is 6.42 Å². The second-order valence-electron chi connectivity index (χ2n) is 5.90. The normalized spacial score (nSPS) is 14.8. The Hall–Kier alpha value is -1.10. The largest absolute Gasteiger partial charge is 0.467 e. The number of nitrogens with one attached hydrogen (secondary N) is 1. The summed E-state index contributed by atoms with van der Waals surface area (Å²) in [6.07, 6.45) is 1.26. The summed E-state index contributed by atoms with van der Waals surface area (Å²) in [5.41, 5.74) is 0.165. The fourth-order valence-corrected chi connectivity index (χ4v) is 2.01. The lowest BCUT2D eigenvalue weighted by molar-refractivity contribution is -0.146. The van der Waals surface area contributed by atoms with Crippen molar-refractivity contribution in [1.82, 2.24) is 5.32 Å². The number of ether oxygens (including phenoxy) is 1. The first kappa shape index (κ1) is 16.9. The minimum absolute atomic E-state index is 0.165. The predicted molar refractivity (Wildman–Crippen MR) is 68.9 cm³/mol. The predicted octanol–water partition coefficient (Wildman–Crippen LogP) is 1.10. The number of hydrogen-bond acceptors (Lipinski definition) is 4. The van der Waals surface area contributed by atoms with E-state index in [0.717, 1.165) is 6.42 Å². The highest BCUT2D eigenvalue weighted by Crippen LogP contribution is 2.25. The number of methoxy groups -OCH3 is 1. The summed E-state index contributed by atoms with van der Waals surface area (Å²) in [5, 5.41) is 11.5. The van der Waals surface area contributed by atoms with Crippen LogP contribution in [0.4, 0.5) is 0 Å². The number of rotatable bonds is 6. The van der Waals surface area contributed by atoms with Gasteiger partial charge in [-0.15, -0.1) is 0 Å². The Balaban J connectivity index is 4.21. The summed E-state index contributed by atoms with van der Waals surface area (Å²) < 4.78 is 4.48. The molecule has 106 valence electrons. The monoisotopic (exact) mass is 259 g/mol. The van der Waals surface area contributed by atoms with E-state index in [4.69, 9.17) is 5.11 Å². The fraction of sp³-hybridized carbons (Fsp3) is 0.846. The molecule has 1 amide bonds. The van der Waals surface area contributed by atoms with Gasteiger partial charge in [-0.05, 0) is 17.8 Å². The smallest absolute Gasteiger partial charge is 0.330 e. The number of amides is 1. The van der Waals surface area contributed by atoms with Crippen LogP contribution in [0.2, 0.25) is 0 Å². The van der Waals surface area contributed by atoms with Gasteiger partial charge in [0.15, 0.2) is 6.04 Å². The van der Waals surface area contributed by atoms with Crippen LogP contribution in [-0.2, 0) is 14.3 Å². The summed E-state index contributed by atoms with van der Waals surface area (Å²) in [5.74, 6) is -0.646. The Morgan fingerprint density at radius 2 is 1.89 bits per heavy atom. The van der Waals surface area contributed by atoms with Gasteiger partial charge in [0.1, 0.15) is 0 Å². The molecule has 2 unspecified atom stereocenters. The molecule has 0 fully saturated rings. The summed E-state index contributed by atoms with van der Waals surface area (Å²) in [6.45, 7) is 7.90. The second kappa shape index (κ2) is 7.36. The molecule has 0 aliphatic carbocycles. The Morgan fingerprint density at radius 1 is 1.33 bits per heavy atom. The zero-order valence-electron chi connectivity index (χ0n) is 11.9. The third-order valence-electron chi connectivity index (χ3n) is 2.50. The van der Waals surface area contributed by atoms with E-state index in [1.807, 2.05) is 6.92 Å². The molecule has 2 N–H and O–H groups in total. The van der Waals surface area contributed by atoms with Gasteiger partial charge in [-0.1, -0.05) is 27.7 Å². The molecule has 0 radical (unpaired) electrons. The van der Waals surface area contributed by atoms with Crippen LogP contribution in [0.25, 0.3) is 0 Å². The van der Waals surface area contributed by atoms with Crippen molar-refractivity contribution < 1.29 is 19.4 Å². The molecule has 0 spiro atoms. The average molecular weight is 259 g/mol. The van der Waals surface area contributed by atoms with Crippen LogP contribution < -0.4 is 5.32 Å². The van der Waals surface area contributed by atoms with E-state index in [9.17, 15) is 9.59 Å². The van der Waals surface area contributed by atoms with Crippen LogP contribution in [0.15, 0.2) is 0 Å². The molecule has 0 saturated carbocycles. The van der Waals surface area contributed by atoms with E-state index in [1.54, 1.807) is 0 Å². The lowest BCUT2D eigenvalue weighted by Crippen LogP contribution is -2.44. The van der Waals surface area contributed by atoms with Crippen molar-refractivity contribution in [1.29, 1.82) is 0 Å². The molecule has 18 heavy (non-hydrogen) atoms. The molecule has 0 aliphatic heterocycles. The minimum atomic E-state index is -0.968. The molecule has 5 nitrogen and oxygen atoms in total. The first-order chi connectivity index (χ1) is 8.19. The van der Waals surface area contributed by atoms with Gasteiger partial charge in [0.05, 0.1) is 13.7 Å². The number of aliphatic hydroxyl groups excluding tert-OH is 1. The van der Waals surface area contributed by atoms with Crippen molar-refractivity contribution in [3.63, 3.8) is 0 Å². The molecular weight excluding hydrogens is 234 g/mol. The van der Waals surface area contributed by atoms with E-state index in [1.165, 1.54) is 7.11 Å². The quantitative estimate of drug-likeness (QED) is 0.700. The van der Waals surface area contributed by atoms with Crippen LogP contribution >= 0.6 is 0 Å². The van der Waals surface area contributed by atoms with E-state index >= 15 is 0 Å². The molecule has 0 rings (SSSR count). The van der Waals surface area contributed by atoms with E-state index < -0.39 is 18.6 Å². The molecule has 0 aromatic heterocycles. The van der Waals surface area contributed by atoms with Crippen LogP contribution in [0.5, 0.6) is 0 Å². The van der Waals surface area contributed by atoms with Crippen molar-refractivity contribution in [3.05, 3.63) is 0 Å². The number of carbonyl (C=O) groups excluding carboxylic acids is 2. The van der Waals surface area contributed by atoms with Crippen molar-refractivity contribution in [2.24, 2.45) is 11.3 Å². The topological polar surface area (TPSA) is 75.6 Å². The molecule has 0 bridgehead atoms. The summed E-state index contributed by atoms with van der Waals surface area (Å²) in [4.78, 5) is 22.9. The fourth-order valence-electron chi connectivity index (χ4n) is 2.01. The third-order valence-corrected chi connectivity index (χ3v) is 2.50. The van der Waals surface area contributed by atoms with Gasteiger partial charge in [-0.25, -0.2) is 4.79 Å². The molecule has 5 heteroatoms. The Labute approximate surface area is 109 Å². The van der Waals surface area contributed by atoms with Crippen molar-refractivity contribution in [3.8, 4) is 0 Å². The van der Waals surface area contributed by atoms with E-state index in [2.05, 4.69) is 30.8 Å². The van der Waals surface area contributed by atoms with Crippen molar-refractivity contribution in [2.45, 2.75) is 46.6 Å². The average Bonchev–Trinajstić information content (AvgIpc) is 2.21. The molecule has 0 aliphatic rings. The maximum atomic E-state index is 11.7. The Morgan fingerprint density at radius 3 is 2.28 bits per heavy atom. The molecule has 0 aromatic rings. The van der Waals surface area contributed by atoms with Gasteiger partial charge in [-0.2, -0.15) is 0 Å². The zero-order valence-corrected chi connectivity index (χ0v) is 11.9. The van der Waals surface area contributed by atoms with Crippen LogP contribution in [0, 0.1) is 11.3 Å². The second-order valence-corrected chi connectivity index (χ2v) is 5.90. The van der Waals surface area contributed by atoms with E-state index in [-0.39, 0.29) is 17.2 Å². The van der Waals surface area contributed by atoms with Gasteiger partial charge in [-0.3, -0.25) is 4.79 Å². The highest BCUT2D eigenvalue weighted by atomic mass is 16.5. The molecule has 0 heterocycles. The maximum Gasteiger partial charge on any atom is 0.330 e. The third kappa shape index (κ3) is 7.27. The minimum Gasteiger partial charge on any atom is -0.467 e. The van der Waals surface area contributed by atoms with Gasteiger partial charge < -0.3 is 15.2 Å². The molecule has 2 atom stereocenters. The van der Waals surface area contributed by atoms with Crippen molar-refractivity contribution >= 4 is 11.9 Å². The SMILES string of the molecule is COC(=O)C(CO)NC(=O)CC(C)CC(C)(C)C. The number of aliphatic hydroxyl groups is 1. The van der Waals surface area contributed by atoms with Crippen LogP contribution in [0.3, 0.4) is 0 Å². The highest BCUT2D eigenvalue weighted by molar-refractivity contribution is 5.84. The zero-order chi connectivity index (χ0) is 14.3. The Kier molecular flexibility index (Phi) is 6.91. The van der Waals surface area contributed by atoms with Gasteiger partial charge >= 0.3 is 5.97 Å². The number of carbonyl (C=O) groups is 2. The van der Waals surface area contributed by atoms with Crippen LogP contribution in [-0.4, -0.2) is 36.7 Å². The molecular formula is C13H25NO4. The standard InChI is InChI=1S/C13H25NO4/c1-9(7-13(2,3)4)6-11(16)14-10(8-15)12(17)18-5/h9-10,15H,6-8H2,1-5H3,(H,14,16). The summed E-state index contributed by atoms with van der Waals surface area (Å²) in [7, 11) is 1.22. The molecule has 0 saturated heterocycles. The number of hydrogen-bond donors (Lipinski definition) is 2. The highest BCUT2D eigenvalue weighted by Gasteiger charge is 2.22. The number of esters is 1. The molecule has 0 aromatic carbocycles. The summed E-state index contributed by atoms with van der Waals surface area (Å²) >= 11 is 0.